The second kappa shape index (κ2) is 6.52. The molecular weight excluding hydrogens is 296 g/mol. The smallest absolute Gasteiger partial charge is 0.214 e. The van der Waals surface area contributed by atoms with Gasteiger partial charge in [-0.2, -0.15) is 0 Å². The number of rotatable bonds is 7. The molecule has 1 saturated heterocycles. The zero-order chi connectivity index (χ0) is 15.6. The monoisotopic (exact) mass is 320 g/mol. The van der Waals surface area contributed by atoms with Gasteiger partial charge >= 0.3 is 0 Å². The van der Waals surface area contributed by atoms with Crippen LogP contribution in [0, 0.1) is 5.92 Å². The Labute approximate surface area is 133 Å². The molecule has 0 unspecified atom stereocenters. The first-order chi connectivity index (χ1) is 10.6. The van der Waals surface area contributed by atoms with E-state index in [-0.39, 0.29) is 5.25 Å². The van der Waals surface area contributed by atoms with Gasteiger partial charge in [0.25, 0.3) is 0 Å². The largest absolute Gasteiger partial charge is 0.299 e. The molecule has 5 heteroatoms. The molecule has 1 aromatic carbocycles. The fourth-order valence-electron chi connectivity index (χ4n) is 3.03. The molecule has 1 heterocycles. The first-order valence-electron chi connectivity index (χ1n) is 7.99. The number of nitrogens with one attached hydrogen (secondary N) is 1. The number of hydrogen-bond acceptors (Lipinski definition) is 3. The molecule has 3 rings (SSSR count). The van der Waals surface area contributed by atoms with Crippen LogP contribution in [0.5, 0.6) is 0 Å². The van der Waals surface area contributed by atoms with E-state index in [9.17, 15) is 8.42 Å². The molecule has 1 aliphatic heterocycles. The van der Waals surface area contributed by atoms with E-state index in [1.165, 1.54) is 5.56 Å². The lowest BCUT2D eigenvalue weighted by Crippen LogP contribution is -2.33. The van der Waals surface area contributed by atoms with Crippen LogP contribution in [0.25, 0.3) is 6.08 Å². The van der Waals surface area contributed by atoms with E-state index >= 15 is 0 Å². The summed E-state index contributed by atoms with van der Waals surface area (Å²) in [5, 5.41) is -0.119. The maximum absolute atomic E-state index is 11.9. The number of likely N-dealkylation sites (tertiary alicyclic amines) is 1. The zero-order valence-corrected chi connectivity index (χ0v) is 13.7. The Kier molecular flexibility index (Phi) is 4.66. The minimum atomic E-state index is -3.04. The molecule has 22 heavy (non-hydrogen) atoms. The van der Waals surface area contributed by atoms with Crippen LogP contribution in [0.1, 0.15) is 30.4 Å². The zero-order valence-electron chi connectivity index (χ0n) is 12.9. The van der Waals surface area contributed by atoms with Crippen molar-refractivity contribution in [3.05, 3.63) is 42.0 Å². The van der Waals surface area contributed by atoms with Gasteiger partial charge in [0, 0.05) is 19.6 Å². The number of nitrogens with zero attached hydrogens (tertiary/aromatic N) is 1. The van der Waals surface area contributed by atoms with Crippen molar-refractivity contribution in [2.45, 2.75) is 31.1 Å². The Morgan fingerprint density at radius 2 is 2.14 bits per heavy atom. The Balaban J connectivity index is 1.48. The summed E-state index contributed by atoms with van der Waals surface area (Å²) in [6.45, 7) is 7.31. The number of hydrogen-bond donors (Lipinski definition) is 1. The summed E-state index contributed by atoms with van der Waals surface area (Å²) in [7, 11) is -3.04. The molecule has 2 fully saturated rings. The number of sulfonamides is 1. The highest BCUT2D eigenvalue weighted by Gasteiger charge is 2.36. The van der Waals surface area contributed by atoms with Gasteiger partial charge in [-0.1, -0.05) is 36.9 Å². The Hall–Kier alpha value is -1.17. The quantitative estimate of drug-likeness (QED) is 0.838. The molecule has 0 bridgehead atoms. The van der Waals surface area contributed by atoms with Crippen molar-refractivity contribution < 1.29 is 8.42 Å². The fraction of sp³-hybridized carbons (Fsp3) is 0.529. The second-order valence-corrected chi connectivity index (χ2v) is 8.48. The molecule has 0 radical (unpaired) electrons. The Bertz CT molecular complexity index is 638. The lowest BCUT2D eigenvalue weighted by atomic mass is 10.1. The third kappa shape index (κ3) is 3.97. The molecule has 2 aliphatic rings. The average Bonchev–Trinajstić information content (AvgIpc) is 3.28. The van der Waals surface area contributed by atoms with Crippen molar-refractivity contribution in [1.29, 1.82) is 0 Å². The van der Waals surface area contributed by atoms with Crippen molar-refractivity contribution in [1.82, 2.24) is 9.62 Å². The highest BCUT2D eigenvalue weighted by atomic mass is 32.2. The van der Waals surface area contributed by atoms with E-state index in [0.717, 1.165) is 44.5 Å². The van der Waals surface area contributed by atoms with Crippen LogP contribution in [-0.4, -0.2) is 38.2 Å². The fourth-order valence-corrected chi connectivity index (χ4v) is 4.49. The maximum atomic E-state index is 11.9. The van der Waals surface area contributed by atoms with Gasteiger partial charge in [0.15, 0.2) is 0 Å². The van der Waals surface area contributed by atoms with Crippen LogP contribution in [-0.2, 0) is 16.6 Å². The summed E-state index contributed by atoms with van der Waals surface area (Å²) >= 11 is 0. The van der Waals surface area contributed by atoms with Crippen LogP contribution < -0.4 is 4.72 Å². The van der Waals surface area contributed by atoms with Gasteiger partial charge < -0.3 is 0 Å². The molecule has 1 N–H and O–H groups in total. The van der Waals surface area contributed by atoms with Crippen LogP contribution in [0.4, 0.5) is 0 Å². The number of benzene rings is 1. The summed E-state index contributed by atoms with van der Waals surface area (Å²) in [4.78, 5) is 2.40. The summed E-state index contributed by atoms with van der Waals surface area (Å²) in [6, 6.07) is 8.41. The van der Waals surface area contributed by atoms with Crippen LogP contribution in [0.2, 0.25) is 0 Å². The predicted octanol–water partition coefficient (Wildman–Crippen LogP) is 2.23. The van der Waals surface area contributed by atoms with Crippen molar-refractivity contribution in [2.75, 3.05) is 19.6 Å². The van der Waals surface area contributed by atoms with Crippen molar-refractivity contribution >= 4 is 16.1 Å². The molecule has 0 aromatic heterocycles. The van der Waals surface area contributed by atoms with Crippen molar-refractivity contribution in [3.8, 4) is 0 Å². The first-order valence-corrected chi connectivity index (χ1v) is 9.53. The van der Waals surface area contributed by atoms with Gasteiger partial charge in [0.05, 0.1) is 5.25 Å². The minimum Gasteiger partial charge on any atom is -0.299 e. The SMILES string of the molecule is C=Cc1cccc(CN2CC[C@H](CNS(=O)(=O)C3CC3)C2)c1. The molecule has 4 nitrogen and oxygen atoms in total. The molecule has 0 spiro atoms. The molecule has 1 aliphatic carbocycles. The van der Waals surface area contributed by atoms with Crippen molar-refractivity contribution in [3.63, 3.8) is 0 Å². The van der Waals surface area contributed by atoms with Crippen LogP contribution in [0.15, 0.2) is 30.8 Å². The standard InChI is InChI=1S/C17H24N2O2S/c1-2-14-4-3-5-15(10-14)12-19-9-8-16(13-19)11-18-22(20,21)17-6-7-17/h2-5,10,16-18H,1,6-9,11-13H2/t16-/m1/s1. The van der Waals surface area contributed by atoms with Gasteiger partial charge in [-0.25, -0.2) is 13.1 Å². The Morgan fingerprint density at radius 3 is 2.86 bits per heavy atom. The first kappa shape index (κ1) is 15.7. The summed E-state index contributed by atoms with van der Waals surface area (Å²) < 4.78 is 26.5. The topological polar surface area (TPSA) is 49.4 Å². The molecule has 1 saturated carbocycles. The van der Waals surface area contributed by atoms with Crippen LogP contribution >= 0.6 is 0 Å². The molecular formula is C17H24N2O2S. The molecule has 1 atom stereocenters. The summed E-state index contributed by atoms with van der Waals surface area (Å²) in [5.41, 5.74) is 2.43. The van der Waals surface area contributed by atoms with Crippen LogP contribution in [0.3, 0.4) is 0 Å². The lowest BCUT2D eigenvalue weighted by molar-refractivity contribution is 0.316. The van der Waals surface area contributed by atoms with Gasteiger partial charge in [0.2, 0.25) is 10.0 Å². The van der Waals surface area contributed by atoms with E-state index in [4.69, 9.17) is 0 Å². The van der Waals surface area contributed by atoms with Gasteiger partial charge in [-0.3, -0.25) is 4.90 Å². The summed E-state index contributed by atoms with van der Waals surface area (Å²) in [6.07, 6.45) is 4.58. The molecule has 1 aromatic rings. The average molecular weight is 320 g/mol. The van der Waals surface area contributed by atoms with E-state index < -0.39 is 10.0 Å². The van der Waals surface area contributed by atoms with Gasteiger partial charge in [-0.05, 0) is 42.9 Å². The highest BCUT2D eigenvalue weighted by molar-refractivity contribution is 7.90. The highest BCUT2D eigenvalue weighted by Crippen LogP contribution is 2.28. The third-order valence-corrected chi connectivity index (χ3v) is 6.42. The minimum absolute atomic E-state index is 0.119. The summed E-state index contributed by atoms with van der Waals surface area (Å²) in [5.74, 6) is 0.427. The van der Waals surface area contributed by atoms with E-state index in [1.807, 2.05) is 6.08 Å². The van der Waals surface area contributed by atoms with Gasteiger partial charge in [-0.15, -0.1) is 0 Å². The van der Waals surface area contributed by atoms with E-state index in [0.29, 0.717) is 12.5 Å². The predicted molar refractivity (Wildman–Crippen MR) is 89.9 cm³/mol. The van der Waals surface area contributed by atoms with Gasteiger partial charge in [0.1, 0.15) is 0 Å². The van der Waals surface area contributed by atoms with Crippen molar-refractivity contribution in [2.24, 2.45) is 5.92 Å². The van der Waals surface area contributed by atoms with E-state index in [2.05, 4.69) is 40.5 Å². The molecule has 120 valence electrons. The maximum Gasteiger partial charge on any atom is 0.214 e. The second-order valence-electron chi connectivity index (χ2n) is 6.43. The lowest BCUT2D eigenvalue weighted by Gasteiger charge is -2.16. The van der Waals surface area contributed by atoms with E-state index in [1.54, 1.807) is 0 Å². The third-order valence-electron chi connectivity index (χ3n) is 4.50. The normalized spacial score (nSPS) is 22.8. The Morgan fingerprint density at radius 1 is 1.32 bits per heavy atom. The molecule has 0 amide bonds.